The van der Waals surface area contributed by atoms with Gasteiger partial charge < -0.3 is 13.9 Å². The Morgan fingerprint density at radius 1 is 1.44 bits per heavy atom. The number of carbonyl (C=O) groups is 1. The van der Waals surface area contributed by atoms with Crippen molar-refractivity contribution in [2.75, 3.05) is 12.9 Å². The summed E-state index contributed by atoms with van der Waals surface area (Å²) in [5, 5.41) is 0. The second-order valence-corrected chi connectivity index (χ2v) is 7.45. The maximum Gasteiger partial charge on any atom is 0.314 e. The largest absolute Gasteiger partial charge is 0.469 e. The van der Waals surface area contributed by atoms with E-state index in [1.807, 2.05) is 35.2 Å². The van der Waals surface area contributed by atoms with E-state index in [9.17, 15) is 9.00 Å². The molecule has 0 bridgehead atoms. The molecule has 25 heavy (non-hydrogen) atoms. The Morgan fingerprint density at radius 3 is 2.92 bits per heavy atom. The third-order valence-corrected chi connectivity index (χ3v) is 5.80. The molecule has 6 heteroatoms. The molecule has 3 heterocycles. The van der Waals surface area contributed by atoms with E-state index in [1.54, 1.807) is 6.08 Å². The van der Waals surface area contributed by atoms with Gasteiger partial charge in [0.05, 0.1) is 34.4 Å². The summed E-state index contributed by atoms with van der Waals surface area (Å²) in [6, 6.07) is 3.90. The maximum absolute atomic E-state index is 12.7. The number of nitrogens with zero attached hydrogens (tertiary/aromatic N) is 2. The molecule has 2 aromatic heterocycles. The third kappa shape index (κ3) is 3.14. The maximum atomic E-state index is 12.7. The van der Waals surface area contributed by atoms with Crippen molar-refractivity contribution in [2.24, 2.45) is 0 Å². The van der Waals surface area contributed by atoms with Crippen molar-refractivity contribution in [3.05, 3.63) is 55.5 Å². The molecule has 0 radical (unpaired) electrons. The SMILES string of the molecule is C=CCn1ccc(-c2c(S(=O)CC=C)cc3n2CCC3C(=O)OC)c1. The van der Waals surface area contributed by atoms with Gasteiger partial charge >= 0.3 is 5.97 Å². The van der Waals surface area contributed by atoms with Gasteiger partial charge in [-0.05, 0) is 18.6 Å². The number of hydrogen-bond donors (Lipinski definition) is 0. The molecule has 2 unspecified atom stereocenters. The third-order valence-electron chi connectivity index (χ3n) is 4.46. The lowest BCUT2D eigenvalue weighted by molar-refractivity contribution is -0.142. The average Bonchev–Trinajstić information content (AvgIpc) is 3.29. The molecule has 2 aromatic rings. The number of carbonyl (C=O) groups excluding carboxylic acids is 1. The molecule has 0 aliphatic carbocycles. The van der Waals surface area contributed by atoms with Gasteiger partial charge in [-0.15, -0.1) is 13.2 Å². The van der Waals surface area contributed by atoms with E-state index in [2.05, 4.69) is 17.7 Å². The van der Waals surface area contributed by atoms with Crippen LogP contribution >= 0.6 is 0 Å². The molecule has 0 fully saturated rings. The number of aromatic nitrogens is 2. The van der Waals surface area contributed by atoms with Gasteiger partial charge in [0.2, 0.25) is 0 Å². The van der Waals surface area contributed by atoms with Crippen molar-refractivity contribution in [3.63, 3.8) is 0 Å². The summed E-state index contributed by atoms with van der Waals surface area (Å²) in [5.74, 6) is -0.159. The van der Waals surface area contributed by atoms with Crippen molar-refractivity contribution in [2.45, 2.75) is 30.3 Å². The zero-order chi connectivity index (χ0) is 18.0. The molecule has 1 aliphatic rings. The Morgan fingerprint density at radius 2 is 2.24 bits per heavy atom. The van der Waals surface area contributed by atoms with E-state index in [0.29, 0.717) is 25.3 Å². The summed E-state index contributed by atoms with van der Waals surface area (Å²) in [5.41, 5.74) is 2.79. The highest BCUT2D eigenvalue weighted by molar-refractivity contribution is 7.85. The van der Waals surface area contributed by atoms with Crippen molar-refractivity contribution >= 4 is 16.8 Å². The first-order valence-electron chi connectivity index (χ1n) is 8.18. The van der Waals surface area contributed by atoms with Gasteiger partial charge in [-0.3, -0.25) is 9.00 Å². The standard InChI is InChI=1S/C19H22N2O3S/c1-4-8-20-9-6-14(13-20)18-17(25(23)11-5-2)12-16-15(19(22)24-3)7-10-21(16)18/h4-6,9,12-13,15H,1-2,7-8,10-11H2,3H3. The van der Waals surface area contributed by atoms with E-state index in [0.717, 1.165) is 21.8 Å². The van der Waals surface area contributed by atoms with Crippen LogP contribution in [0.25, 0.3) is 11.3 Å². The van der Waals surface area contributed by atoms with Crippen molar-refractivity contribution in [3.8, 4) is 11.3 Å². The zero-order valence-corrected chi connectivity index (χ0v) is 15.1. The van der Waals surface area contributed by atoms with Gasteiger partial charge in [-0.25, -0.2) is 0 Å². The summed E-state index contributed by atoms with van der Waals surface area (Å²) >= 11 is 0. The second kappa shape index (κ2) is 7.27. The first-order valence-corrected chi connectivity index (χ1v) is 9.50. The summed E-state index contributed by atoms with van der Waals surface area (Å²) in [6.45, 7) is 8.87. The molecular formula is C19H22N2O3S. The zero-order valence-electron chi connectivity index (χ0n) is 14.3. The Balaban J connectivity index is 2.11. The van der Waals surface area contributed by atoms with E-state index >= 15 is 0 Å². The van der Waals surface area contributed by atoms with Crippen LogP contribution in [-0.4, -0.2) is 32.2 Å². The molecule has 0 saturated carbocycles. The predicted molar refractivity (Wildman–Crippen MR) is 98.9 cm³/mol. The lowest BCUT2D eigenvalue weighted by atomic mass is 10.1. The minimum atomic E-state index is -1.20. The molecule has 2 atom stereocenters. The monoisotopic (exact) mass is 358 g/mol. The minimum absolute atomic E-state index is 0.243. The highest BCUT2D eigenvalue weighted by Gasteiger charge is 2.34. The Hall–Kier alpha value is -2.34. The van der Waals surface area contributed by atoms with Crippen molar-refractivity contribution in [1.82, 2.24) is 9.13 Å². The summed E-state index contributed by atoms with van der Waals surface area (Å²) < 4.78 is 21.8. The second-order valence-electron chi connectivity index (χ2n) is 5.98. The Kier molecular flexibility index (Phi) is 5.08. The number of methoxy groups -OCH3 is 1. The van der Waals surface area contributed by atoms with Crippen LogP contribution in [0, 0.1) is 0 Å². The number of esters is 1. The fraction of sp³-hybridized carbons (Fsp3) is 0.316. The molecule has 0 N–H and O–H groups in total. The number of allylic oxidation sites excluding steroid dienone is 1. The average molecular weight is 358 g/mol. The summed E-state index contributed by atoms with van der Waals surface area (Å²) in [4.78, 5) is 12.8. The minimum Gasteiger partial charge on any atom is -0.469 e. The number of hydrogen-bond acceptors (Lipinski definition) is 3. The van der Waals surface area contributed by atoms with Crippen molar-refractivity contribution < 1.29 is 13.7 Å². The van der Waals surface area contributed by atoms with Crippen LogP contribution in [0.1, 0.15) is 18.0 Å². The molecule has 132 valence electrons. The van der Waals surface area contributed by atoms with Crippen molar-refractivity contribution in [1.29, 1.82) is 0 Å². The normalized spacial score (nSPS) is 17.1. The van der Waals surface area contributed by atoms with Gasteiger partial charge in [0, 0.05) is 42.5 Å². The Bertz CT molecular complexity index is 847. The molecule has 5 nitrogen and oxygen atoms in total. The van der Waals surface area contributed by atoms with Crippen LogP contribution in [0.15, 0.2) is 54.7 Å². The van der Waals surface area contributed by atoms with Gasteiger partial charge in [-0.2, -0.15) is 0 Å². The van der Waals surface area contributed by atoms with Crippen LogP contribution in [0.5, 0.6) is 0 Å². The topological polar surface area (TPSA) is 53.2 Å². The molecule has 0 saturated heterocycles. The van der Waals surface area contributed by atoms with Gasteiger partial charge in [0.1, 0.15) is 0 Å². The fourth-order valence-electron chi connectivity index (χ4n) is 3.37. The molecule has 1 aliphatic heterocycles. The number of ether oxygens (including phenoxy) is 1. The summed E-state index contributed by atoms with van der Waals surface area (Å²) in [6.07, 6.45) is 8.19. The molecule has 3 rings (SSSR count). The van der Waals surface area contributed by atoms with Crippen LogP contribution < -0.4 is 0 Å². The quantitative estimate of drug-likeness (QED) is 0.564. The van der Waals surface area contributed by atoms with Crippen LogP contribution in [0.3, 0.4) is 0 Å². The van der Waals surface area contributed by atoms with E-state index < -0.39 is 10.8 Å². The van der Waals surface area contributed by atoms with Crippen LogP contribution in [0.4, 0.5) is 0 Å². The van der Waals surface area contributed by atoms with E-state index in [1.165, 1.54) is 7.11 Å². The number of rotatable bonds is 7. The lowest BCUT2D eigenvalue weighted by Crippen LogP contribution is -2.11. The van der Waals surface area contributed by atoms with Gasteiger partial charge in [-0.1, -0.05) is 12.2 Å². The molecule has 0 aromatic carbocycles. The van der Waals surface area contributed by atoms with E-state index in [4.69, 9.17) is 4.74 Å². The summed E-state index contributed by atoms with van der Waals surface area (Å²) in [7, 11) is 0.206. The number of fused-ring (bicyclic) bond motifs is 1. The fourth-order valence-corrected chi connectivity index (χ4v) is 4.46. The highest BCUT2D eigenvalue weighted by atomic mass is 32.2. The van der Waals surface area contributed by atoms with Crippen LogP contribution in [0.2, 0.25) is 0 Å². The smallest absolute Gasteiger partial charge is 0.314 e. The van der Waals surface area contributed by atoms with Gasteiger partial charge in [0.15, 0.2) is 0 Å². The molecular weight excluding hydrogens is 336 g/mol. The molecule has 0 spiro atoms. The molecule has 0 amide bonds. The first-order chi connectivity index (χ1) is 12.1. The van der Waals surface area contributed by atoms with E-state index in [-0.39, 0.29) is 11.9 Å². The lowest BCUT2D eigenvalue weighted by Gasteiger charge is -2.07. The predicted octanol–water partition coefficient (Wildman–Crippen LogP) is 3.10. The highest BCUT2D eigenvalue weighted by Crippen LogP contribution is 2.39. The van der Waals surface area contributed by atoms with Gasteiger partial charge in [0.25, 0.3) is 0 Å². The first kappa shape index (κ1) is 17.5. The van der Waals surface area contributed by atoms with Crippen LogP contribution in [-0.2, 0) is 33.4 Å². The Labute approximate surface area is 150 Å².